The molecule has 0 atom stereocenters. The van der Waals surface area contributed by atoms with Crippen LogP contribution in [-0.2, 0) is 9.59 Å². The number of nitrogens with zero attached hydrogens (tertiary/aromatic N) is 4. The first-order valence-electron chi connectivity index (χ1n) is 22.2. The van der Waals surface area contributed by atoms with Gasteiger partial charge in [-0.3, -0.25) is 30.0 Å². The van der Waals surface area contributed by atoms with Crippen LogP contribution in [0.5, 0.6) is 23.0 Å². The van der Waals surface area contributed by atoms with Crippen LogP contribution in [0.3, 0.4) is 0 Å². The number of benzene rings is 6. The molecule has 2 N–H and O–H groups in total. The normalized spacial score (nSPS) is 10.0. The molecule has 2 radical (unpaired) electrons. The number of hydrazone groups is 2. The Hall–Kier alpha value is -7.69. The summed E-state index contributed by atoms with van der Waals surface area (Å²) in [6, 6.07) is 44.2. The Morgan fingerprint density at radius 2 is 0.692 bits per heavy atom. The van der Waals surface area contributed by atoms with Crippen molar-refractivity contribution in [3.8, 4) is 23.0 Å². The second-order valence-corrected chi connectivity index (χ2v) is 15.1. The van der Waals surface area contributed by atoms with Crippen molar-refractivity contribution >= 4 is 59.5 Å². The van der Waals surface area contributed by atoms with Gasteiger partial charge in [0.15, 0.2) is 23.8 Å². The first kappa shape index (κ1) is 72.4. The predicted molar refractivity (Wildman–Crippen MR) is 276 cm³/mol. The molecule has 6 aromatic rings. The fourth-order valence-corrected chi connectivity index (χ4v) is 4.88. The Kier molecular flexibility index (Phi) is 38.5. The number of carbonyl (C=O) groups excluding carboxylic acids is 6. The molecule has 0 bridgehead atoms. The molecule has 20 nitrogen and oxygen atoms in total. The molecule has 4 amide bonds. The number of ketones is 2. The van der Waals surface area contributed by atoms with Crippen molar-refractivity contribution in [3.05, 3.63) is 203 Å². The third-order valence-corrected chi connectivity index (χ3v) is 9.19. The number of rotatable bonds is 12. The van der Waals surface area contributed by atoms with E-state index in [1.807, 2.05) is 24.3 Å². The first-order valence-corrected chi connectivity index (χ1v) is 22.2. The SMILES string of the molecule is CC(=O)N(C)C.CC(=O)N(C)C.COc1cccc(/C=N/NC(=O)[O-])c1[O-].COc1cccc(/C=N/NC(=O)[O-])c1[O-].O=C(/C=C(\[O-])c1ccccc1)c1ccccc1.O=C(/C=C(\[O-])c1ccccc1)c1ccccc1.[Dy+3].[Dy+3]. The number of ether oxygens (including phenoxy) is 2. The molecule has 78 heavy (non-hydrogen) atoms. The molecular formula is C56H56Dy2N6O14. The number of hydrogen-bond acceptors (Lipinski definition) is 16. The van der Waals surface area contributed by atoms with Gasteiger partial charge in [0.1, 0.15) is 11.5 Å². The van der Waals surface area contributed by atoms with Gasteiger partial charge in [-0.2, -0.15) is 10.2 Å². The molecule has 0 unspecified atom stereocenters. The quantitative estimate of drug-likeness (QED) is 0.0586. The van der Waals surface area contributed by atoms with Crippen molar-refractivity contribution in [2.75, 3.05) is 42.4 Å². The maximum Gasteiger partial charge on any atom is 3.00 e. The summed E-state index contributed by atoms with van der Waals surface area (Å²) in [6.07, 6.45) is 1.35. The van der Waals surface area contributed by atoms with Gasteiger partial charge in [0.05, 0.1) is 26.6 Å². The van der Waals surface area contributed by atoms with Crippen molar-refractivity contribution in [1.82, 2.24) is 20.7 Å². The van der Waals surface area contributed by atoms with Gasteiger partial charge in [-0.15, -0.1) is 0 Å². The summed E-state index contributed by atoms with van der Waals surface area (Å²) in [5, 5.41) is 72.9. The Labute approximate surface area is 513 Å². The molecule has 0 aliphatic rings. The standard InChI is InChI=1S/2C15H12O2.2C9H10N2O4.2C4H9NO.2Dy/c2*16-14(12-7-3-1-4-8-12)11-15(17)13-9-5-2-6-10-13;2*1-15-7-4-2-3-6(8(7)12)5-10-11-9(13)14;2*1-4(6)5(2)3;;/h2*1-11,16H;2*2-5,11-12H,1H3,(H,13,14);2*1-3H3;;/q;;;;;;2*+3/p-6/b2*14-11-;2*10-5+;;;;. The van der Waals surface area contributed by atoms with E-state index in [0.29, 0.717) is 22.3 Å². The molecule has 22 heteroatoms. The smallest absolute Gasteiger partial charge is 0.872 e. The monoisotopic (exact) mass is 1360 g/mol. The number of carboxylic acid groups (broad SMARTS) is 2. The number of carbonyl (C=O) groups is 6. The van der Waals surface area contributed by atoms with Crippen molar-refractivity contribution in [3.63, 3.8) is 0 Å². The number of methoxy groups -OCH3 is 2. The van der Waals surface area contributed by atoms with Gasteiger partial charge < -0.3 is 59.5 Å². The van der Waals surface area contributed by atoms with Crippen LogP contribution in [0.2, 0.25) is 0 Å². The van der Waals surface area contributed by atoms with E-state index in [9.17, 15) is 59.4 Å². The van der Waals surface area contributed by atoms with Gasteiger partial charge in [-0.25, -0.2) is 0 Å². The topological polar surface area (TPSA) is 314 Å². The second-order valence-electron chi connectivity index (χ2n) is 15.1. The van der Waals surface area contributed by atoms with Crippen LogP contribution in [-0.4, -0.2) is 100 Å². The van der Waals surface area contributed by atoms with Gasteiger partial charge in [0, 0.05) is 53.2 Å². The molecule has 0 saturated heterocycles. The van der Waals surface area contributed by atoms with E-state index < -0.39 is 12.2 Å². The van der Waals surface area contributed by atoms with Gasteiger partial charge in [0.2, 0.25) is 11.8 Å². The van der Waals surface area contributed by atoms with Crippen molar-refractivity contribution in [1.29, 1.82) is 0 Å². The number of nitrogens with one attached hydrogen (secondary N) is 2. The van der Waals surface area contributed by atoms with Gasteiger partial charge in [-0.1, -0.05) is 169 Å². The second kappa shape index (κ2) is 41.5. The molecule has 0 aliphatic carbocycles. The molecule has 0 heterocycles. The Morgan fingerprint density at radius 1 is 0.436 bits per heavy atom. The molecular weight excluding hydrogens is 1310 g/mol. The molecule has 414 valence electrons. The summed E-state index contributed by atoms with van der Waals surface area (Å²) in [6.45, 7) is 3.06. The summed E-state index contributed by atoms with van der Waals surface area (Å²) in [5.41, 5.74) is 5.86. The van der Waals surface area contributed by atoms with Crippen molar-refractivity contribution in [2.45, 2.75) is 13.8 Å². The minimum Gasteiger partial charge on any atom is -0.872 e. The maximum absolute atomic E-state index is 11.8. The fraction of sp³-hybridized carbons (Fsp3) is 0.143. The van der Waals surface area contributed by atoms with E-state index in [2.05, 4.69) is 10.2 Å². The van der Waals surface area contributed by atoms with Crippen molar-refractivity contribution < 1.29 is 145 Å². The molecule has 0 saturated carbocycles. The third-order valence-electron chi connectivity index (χ3n) is 9.19. The molecule has 6 aromatic carbocycles. The van der Waals surface area contributed by atoms with Crippen LogP contribution in [0.25, 0.3) is 11.5 Å². The van der Waals surface area contributed by atoms with Crippen LogP contribution in [0.4, 0.5) is 9.59 Å². The largest absolute Gasteiger partial charge is 3.00 e. The summed E-state index contributed by atoms with van der Waals surface area (Å²) in [7, 11) is 9.64. The van der Waals surface area contributed by atoms with E-state index in [4.69, 9.17) is 9.47 Å². The summed E-state index contributed by atoms with van der Waals surface area (Å²) in [4.78, 5) is 66.6. The van der Waals surface area contributed by atoms with Crippen LogP contribution in [0.15, 0.2) is 180 Å². The summed E-state index contributed by atoms with van der Waals surface area (Å²) < 4.78 is 9.58. The Morgan fingerprint density at radius 3 is 0.923 bits per heavy atom. The summed E-state index contributed by atoms with van der Waals surface area (Å²) in [5.74, 6) is -1.24. The molecule has 6 rings (SSSR count). The van der Waals surface area contributed by atoms with Gasteiger partial charge >= 0.3 is 76.3 Å². The Bertz CT molecular complexity index is 2690. The average Bonchev–Trinajstić information content (AvgIpc) is 3.41. The molecule has 0 aliphatic heterocycles. The van der Waals surface area contributed by atoms with Crippen LogP contribution >= 0.6 is 0 Å². The number of allylic oxidation sites excluding steroid dienone is 2. The van der Waals surface area contributed by atoms with Crippen molar-refractivity contribution in [2.24, 2.45) is 10.2 Å². The average molecular weight is 1360 g/mol. The Balaban J connectivity index is 0. The zero-order valence-electron chi connectivity index (χ0n) is 43.5. The molecule has 0 aromatic heterocycles. The number of para-hydroxylation sites is 2. The van der Waals surface area contributed by atoms with E-state index >= 15 is 0 Å². The minimum absolute atomic E-state index is 0. The third kappa shape index (κ3) is 30.8. The van der Waals surface area contributed by atoms with Crippen LogP contribution in [0.1, 0.15) is 56.8 Å². The molecule has 0 spiro atoms. The first-order chi connectivity index (χ1) is 36.1. The van der Waals surface area contributed by atoms with Crippen LogP contribution < -0.4 is 51.0 Å². The van der Waals surface area contributed by atoms with Gasteiger partial charge in [-0.05, 0) is 46.5 Å². The van der Waals surface area contributed by atoms with E-state index in [0.717, 1.165) is 24.6 Å². The predicted octanol–water partition coefficient (Wildman–Crippen LogP) is 2.80. The van der Waals surface area contributed by atoms with Gasteiger partial charge in [0.25, 0.3) is 0 Å². The van der Waals surface area contributed by atoms with Crippen LogP contribution in [0, 0.1) is 76.3 Å². The van der Waals surface area contributed by atoms with E-state index in [1.165, 1.54) is 62.1 Å². The zero-order chi connectivity index (χ0) is 57.0. The summed E-state index contributed by atoms with van der Waals surface area (Å²) >= 11 is 0. The number of hydrogen-bond donors (Lipinski definition) is 2. The van der Waals surface area contributed by atoms with E-state index in [1.54, 1.807) is 148 Å². The zero-order valence-corrected chi connectivity index (χ0v) is 47.5. The molecule has 0 fully saturated rings. The minimum atomic E-state index is -1.54. The fourth-order valence-electron chi connectivity index (χ4n) is 4.88. The van der Waals surface area contributed by atoms with E-state index in [-0.39, 0.29) is 145 Å². The maximum atomic E-state index is 11.8. The number of amides is 4.